The summed E-state index contributed by atoms with van der Waals surface area (Å²) in [5.74, 6) is -1.12. The van der Waals surface area contributed by atoms with Crippen LogP contribution in [0.4, 0.5) is 0 Å². The Morgan fingerprint density at radius 1 is 1.46 bits per heavy atom. The summed E-state index contributed by atoms with van der Waals surface area (Å²) in [5, 5.41) is 10.3. The summed E-state index contributed by atoms with van der Waals surface area (Å²) in [6.45, 7) is 1.85. The minimum atomic E-state index is -1.12. The van der Waals surface area contributed by atoms with E-state index in [1.165, 1.54) is 0 Å². The fraction of sp³-hybridized carbons (Fsp3) is 0.235. The number of halogens is 2. The number of fused-ring (bicyclic) bond motifs is 1. The zero-order chi connectivity index (χ0) is 17.4. The number of rotatable bonds is 4. The summed E-state index contributed by atoms with van der Waals surface area (Å²) in [5.41, 5.74) is 2.53. The Balaban J connectivity index is 2.40. The van der Waals surface area contributed by atoms with Gasteiger partial charge in [0.25, 0.3) is 0 Å². The lowest BCUT2D eigenvalue weighted by molar-refractivity contribution is -0.110. The lowest BCUT2D eigenvalue weighted by Gasteiger charge is -2.18. The molecule has 1 atom stereocenters. The monoisotopic (exact) mass is 365 g/mol. The number of aryl methyl sites for hydroxylation is 1. The standard InChI is InChI=1S/C17H13Cl2NO4/c1-8-13(17(22)23)14(9-3-2-4-10(18)16(9)19)15-11(20-8)7-24-12(15)5-6-21/h2-4,6,12H,5,7H2,1H3,(H,22,23). The van der Waals surface area contributed by atoms with Crippen molar-refractivity contribution in [2.75, 3.05) is 0 Å². The molecule has 0 saturated carbocycles. The van der Waals surface area contributed by atoms with Crippen molar-refractivity contribution in [2.24, 2.45) is 0 Å². The Labute approximate surface area is 148 Å². The van der Waals surface area contributed by atoms with Gasteiger partial charge in [-0.25, -0.2) is 4.79 Å². The van der Waals surface area contributed by atoms with E-state index in [1.54, 1.807) is 25.1 Å². The molecule has 1 aliphatic heterocycles. The predicted octanol–water partition coefficient (Wildman–Crippen LogP) is 4.22. The van der Waals surface area contributed by atoms with Gasteiger partial charge < -0.3 is 14.6 Å². The van der Waals surface area contributed by atoms with Crippen LogP contribution in [0.25, 0.3) is 11.1 Å². The van der Waals surface area contributed by atoms with Crippen LogP contribution < -0.4 is 0 Å². The fourth-order valence-corrected chi connectivity index (χ4v) is 3.40. The highest BCUT2D eigenvalue weighted by molar-refractivity contribution is 6.43. The summed E-state index contributed by atoms with van der Waals surface area (Å²) in [6.07, 6.45) is 0.305. The van der Waals surface area contributed by atoms with E-state index in [0.29, 0.717) is 33.1 Å². The summed E-state index contributed by atoms with van der Waals surface area (Å²) in [7, 11) is 0. The van der Waals surface area contributed by atoms with E-state index < -0.39 is 12.1 Å². The second kappa shape index (κ2) is 6.51. The van der Waals surface area contributed by atoms with Crippen molar-refractivity contribution < 1.29 is 19.4 Å². The maximum atomic E-state index is 11.9. The number of hydrogen-bond donors (Lipinski definition) is 1. The van der Waals surface area contributed by atoms with E-state index in [0.717, 1.165) is 6.29 Å². The maximum absolute atomic E-state index is 11.9. The Morgan fingerprint density at radius 3 is 2.88 bits per heavy atom. The molecule has 2 heterocycles. The molecule has 0 bridgehead atoms. The zero-order valence-corrected chi connectivity index (χ0v) is 14.2. The molecule has 2 aromatic rings. The number of ether oxygens (including phenoxy) is 1. The van der Waals surface area contributed by atoms with E-state index >= 15 is 0 Å². The number of carbonyl (C=O) groups is 2. The van der Waals surface area contributed by atoms with Crippen molar-refractivity contribution in [3.63, 3.8) is 0 Å². The van der Waals surface area contributed by atoms with Gasteiger partial charge in [0.05, 0.1) is 39.7 Å². The minimum absolute atomic E-state index is 0.0410. The average Bonchev–Trinajstić information content (AvgIpc) is 2.91. The largest absolute Gasteiger partial charge is 0.478 e. The second-order valence-electron chi connectivity index (χ2n) is 5.42. The highest BCUT2D eigenvalue weighted by atomic mass is 35.5. The Morgan fingerprint density at radius 2 is 2.21 bits per heavy atom. The van der Waals surface area contributed by atoms with Crippen molar-refractivity contribution >= 4 is 35.5 Å². The van der Waals surface area contributed by atoms with Crippen LogP contribution in [0.5, 0.6) is 0 Å². The highest BCUT2D eigenvalue weighted by Gasteiger charge is 2.33. The molecule has 0 radical (unpaired) electrons. The maximum Gasteiger partial charge on any atom is 0.338 e. The SMILES string of the molecule is Cc1nc2c(c(-c3cccc(Cl)c3Cl)c1C(=O)O)C(CC=O)OC2. The van der Waals surface area contributed by atoms with Crippen molar-refractivity contribution in [3.05, 3.63) is 50.8 Å². The summed E-state index contributed by atoms with van der Waals surface area (Å²) in [4.78, 5) is 27.2. The van der Waals surface area contributed by atoms with E-state index in [9.17, 15) is 14.7 Å². The van der Waals surface area contributed by atoms with E-state index in [4.69, 9.17) is 27.9 Å². The minimum Gasteiger partial charge on any atom is -0.478 e. The molecule has 7 heteroatoms. The average molecular weight is 366 g/mol. The van der Waals surface area contributed by atoms with Gasteiger partial charge in [0, 0.05) is 23.1 Å². The van der Waals surface area contributed by atoms with Crippen LogP contribution in [-0.2, 0) is 16.1 Å². The number of aromatic nitrogens is 1. The number of carboxylic acids is 1. The molecule has 0 fully saturated rings. The molecule has 124 valence electrons. The Bertz CT molecular complexity index is 851. The van der Waals surface area contributed by atoms with Crippen molar-refractivity contribution in [1.82, 2.24) is 4.98 Å². The summed E-state index contributed by atoms with van der Waals surface area (Å²) in [6, 6.07) is 5.02. The van der Waals surface area contributed by atoms with Crippen LogP contribution in [0.1, 0.15) is 39.8 Å². The topological polar surface area (TPSA) is 76.5 Å². The molecule has 0 aliphatic carbocycles. The van der Waals surface area contributed by atoms with Crippen LogP contribution in [-0.4, -0.2) is 22.3 Å². The third-order valence-corrected chi connectivity index (χ3v) is 4.80. The van der Waals surface area contributed by atoms with Gasteiger partial charge in [-0.2, -0.15) is 0 Å². The molecule has 1 aromatic heterocycles. The first-order valence-corrected chi connectivity index (χ1v) is 7.97. The number of hydrogen-bond acceptors (Lipinski definition) is 4. The van der Waals surface area contributed by atoms with Gasteiger partial charge in [-0.15, -0.1) is 0 Å². The first kappa shape index (κ1) is 16.9. The van der Waals surface area contributed by atoms with Crippen LogP contribution in [0.3, 0.4) is 0 Å². The fourth-order valence-electron chi connectivity index (χ4n) is 3.01. The summed E-state index contributed by atoms with van der Waals surface area (Å²) >= 11 is 12.4. The van der Waals surface area contributed by atoms with Crippen molar-refractivity contribution in [2.45, 2.75) is 26.1 Å². The number of carboxylic acid groups (broad SMARTS) is 1. The van der Waals surface area contributed by atoms with E-state index in [2.05, 4.69) is 4.98 Å². The van der Waals surface area contributed by atoms with Crippen LogP contribution in [0.2, 0.25) is 10.0 Å². The molecule has 0 spiro atoms. The van der Waals surface area contributed by atoms with Crippen LogP contribution >= 0.6 is 23.2 Å². The van der Waals surface area contributed by atoms with Crippen LogP contribution in [0, 0.1) is 6.92 Å². The Kier molecular flexibility index (Phi) is 4.58. The molecule has 0 saturated heterocycles. The van der Waals surface area contributed by atoms with Crippen molar-refractivity contribution in [3.8, 4) is 11.1 Å². The van der Waals surface area contributed by atoms with Gasteiger partial charge in [-0.1, -0.05) is 35.3 Å². The number of carbonyl (C=O) groups excluding carboxylic acids is 1. The highest BCUT2D eigenvalue weighted by Crippen LogP contribution is 2.45. The normalized spacial score (nSPS) is 16.0. The Hall–Kier alpha value is -1.95. The van der Waals surface area contributed by atoms with Gasteiger partial charge in [0.1, 0.15) is 6.29 Å². The number of benzene rings is 1. The molecule has 1 unspecified atom stereocenters. The molecule has 1 aromatic carbocycles. The number of pyridine rings is 1. The molecule has 0 amide bonds. The molecule has 5 nitrogen and oxygen atoms in total. The molecule has 1 aliphatic rings. The van der Waals surface area contributed by atoms with E-state index in [1.807, 2.05) is 0 Å². The summed E-state index contributed by atoms with van der Waals surface area (Å²) < 4.78 is 5.62. The first-order chi connectivity index (χ1) is 11.5. The number of nitrogens with zero attached hydrogens (tertiary/aromatic N) is 1. The van der Waals surface area contributed by atoms with Crippen LogP contribution in [0.15, 0.2) is 18.2 Å². The smallest absolute Gasteiger partial charge is 0.338 e. The van der Waals surface area contributed by atoms with Gasteiger partial charge in [-0.3, -0.25) is 4.98 Å². The van der Waals surface area contributed by atoms with Gasteiger partial charge >= 0.3 is 5.97 Å². The van der Waals surface area contributed by atoms with Gasteiger partial charge in [-0.05, 0) is 13.0 Å². The molecular weight excluding hydrogens is 353 g/mol. The van der Waals surface area contributed by atoms with E-state index in [-0.39, 0.29) is 23.6 Å². The van der Waals surface area contributed by atoms with Gasteiger partial charge in [0.2, 0.25) is 0 Å². The molecule has 24 heavy (non-hydrogen) atoms. The molecule has 1 N–H and O–H groups in total. The lowest BCUT2D eigenvalue weighted by Crippen LogP contribution is -2.11. The third-order valence-electron chi connectivity index (χ3n) is 3.98. The number of aldehydes is 1. The number of aromatic carboxylic acids is 1. The quantitative estimate of drug-likeness (QED) is 0.820. The molecule has 3 rings (SSSR count). The predicted molar refractivity (Wildman–Crippen MR) is 89.6 cm³/mol. The third kappa shape index (κ3) is 2.69. The second-order valence-corrected chi connectivity index (χ2v) is 6.20. The van der Waals surface area contributed by atoms with Gasteiger partial charge in [0.15, 0.2) is 0 Å². The zero-order valence-electron chi connectivity index (χ0n) is 12.7. The van der Waals surface area contributed by atoms with Crippen molar-refractivity contribution in [1.29, 1.82) is 0 Å². The lowest BCUT2D eigenvalue weighted by atomic mass is 9.90. The molecular formula is C17H13Cl2NO4. The first-order valence-electron chi connectivity index (χ1n) is 7.22.